The van der Waals surface area contributed by atoms with Crippen molar-refractivity contribution in [3.63, 3.8) is 0 Å². The Labute approximate surface area is 169 Å². The maximum Gasteiger partial charge on any atom is 0.237 e. The van der Waals surface area contributed by atoms with E-state index in [4.69, 9.17) is 4.42 Å². The van der Waals surface area contributed by atoms with Crippen molar-refractivity contribution in [1.82, 2.24) is 14.8 Å². The first-order valence-corrected chi connectivity index (χ1v) is 10.1. The molecule has 6 nitrogen and oxygen atoms in total. The van der Waals surface area contributed by atoms with Crippen LogP contribution in [-0.4, -0.2) is 32.5 Å². The average molecular weight is 397 g/mol. The van der Waals surface area contributed by atoms with Gasteiger partial charge in [0.2, 0.25) is 5.91 Å². The molecule has 2 heterocycles. The number of aryl methyl sites for hydroxylation is 1. The van der Waals surface area contributed by atoms with Crippen molar-refractivity contribution in [2.75, 3.05) is 10.7 Å². The third-order valence-corrected chi connectivity index (χ3v) is 5.22. The molecule has 0 unspecified atom stereocenters. The summed E-state index contributed by atoms with van der Waals surface area (Å²) in [6, 6.07) is 11.6. The van der Waals surface area contributed by atoms with Crippen molar-refractivity contribution in [3.8, 4) is 11.4 Å². The number of amides is 1. The van der Waals surface area contributed by atoms with Crippen LogP contribution in [0.5, 0.6) is 0 Å². The van der Waals surface area contributed by atoms with Gasteiger partial charge >= 0.3 is 0 Å². The fraction of sp³-hybridized carbons (Fsp3) is 0.286. The molecular formula is C21H24N4O2S. The predicted molar refractivity (Wildman–Crippen MR) is 112 cm³/mol. The molecule has 0 saturated carbocycles. The van der Waals surface area contributed by atoms with Gasteiger partial charge < -0.3 is 9.32 Å². The molecule has 7 heteroatoms. The van der Waals surface area contributed by atoms with Crippen LogP contribution in [0.3, 0.4) is 0 Å². The lowest BCUT2D eigenvalue weighted by Gasteiger charge is -2.26. The van der Waals surface area contributed by atoms with E-state index in [1.54, 1.807) is 12.3 Å². The first-order valence-electron chi connectivity index (χ1n) is 9.11. The third kappa shape index (κ3) is 4.20. The number of benzene rings is 1. The molecular weight excluding hydrogens is 372 g/mol. The third-order valence-electron chi connectivity index (χ3n) is 4.27. The number of rotatable bonds is 8. The van der Waals surface area contributed by atoms with Crippen LogP contribution in [-0.2, 0) is 11.3 Å². The number of carbonyl (C=O) groups is 1. The van der Waals surface area contributed by atoms with Crippen molar-refractivity contribution >= 4 is 23.4 Å². The van der Waals surface area contributed by atoms with Crippen LogP contribution in [0.4, 0.5) is 5.69 Å². The zero-order chi connectivity index (χ0) is 20.1. The Morgan fingerprint density at radius 2 is 2.04 bits per heavy atom. The zero-order valence-electron chi connectivity index (χ0n) is 16.3. The zero-order valence-corrected chi connectivity index (χ0v) is 17.1. The number of aromatic nitrogens is 3. The Bertz CT molecular complexity index is 946. The van der Waals surface area contributed by atoms with E-state index in [2.05, 4.69) is 16.8 Å². The van der Waals surface area contributed by atoms with Gasteiger partial charge in [-0.05, 0) is 39.0 Å². The highest BCUT2D eigenvalue weighted by atomic mass is 32.2. The summed E-state index contributed by atoms with van der Waals surface area (Å²) in [5.74, 6) is 1.79. The lowest BCUT2D eigenvalue weighted by Crippen LogP contribution is -2.38. The summed E-state index contributed by atoms with van der Waals surface area (Å²) in [7, 11) is 0. The fourth-order valence-corrected chi connectivity index (χ4v) is 3.83. The van der Waals surface area contributed by atoms with Crippen molar-refractivity contribution < 1.29 is 9.21 Å². The fourth-order valence-electron chi connectivity index (χ4n) is 3.02. The van der Waals surface area contributed by atoms with E-state index < -0.39 is 0 Å². The smallest absolute Gasteiger partial charge is 0.237 e. The van der Waals surface area contributed by atoms with E-state index in [0.717, 1.165) is 17.0 Å². The van der Waals surface area contributed by atoms with Gasteiger partial charge in [-0.25, -0.2) is 0 Å². The maximum absolute atomic E-state index is 12.9. The number of thioether (sulfide) groups is 1. The second kappa shape index (κ2) is 8.93. The van der Waals surface area contributed by atoms with Crippen molar-refractivity contribution in [2.24, 2.45) is 0 Å². The molecule has 0 aliphatic heterocycles. The Balaban J connectivity index is 1.80. The molecule has 0 bridgehead atoms. The molecule has 1 amide bonds. The highest BCUT2D eigenvalue weighted by Gasteiger charge is 2.22. The number of allylic oxidation sites excluding steroid dienone is 1. The van der Waals surface area contributed by atoms with Gasteiger partial charge in [0.15, 0.2) is 11.0 Å². The van der Waals surface area contributed by atoms with Gasteiger partial charge in [-0.1, -0.05) is 36.0 Å². The number of para-hydroxylation sites is 1. The van der Waals surface area contributed by atoms with Gasteiger partial charge in [0.25, 0.3) is 0 Å². The summed E-state index contributed by atoms with van der Waals surface area (Å²) in [5.41, 5.74) is 1.78. The Morgan fingerprint density at radius 3 is 2.64 bits per heavy atom. The molecule has 0 N–H and O–H groups in total. The van der Waals surface area contributed by atoms with E-state index in [1.165, 1.54) is 11.8 Å². The van der Waals surface area contributed by atoms with E-state index in [0.29, 0.717) is 17.5 Å². The van der Waals surface area contributed by atoms with E-state index in [9.17, 15) is 4.79 Å². The van der Waals surface area contributed by atoms with Gasteiger partial charge in [0.1, 0.15) is 5.76 Å². The van der Waals surface area contributed by atoms with E-state index in [1.807, 2.05) is 66.6 Å². The molecule has 0 atom stereocenters. The van der Waals surface area contributed by atoms with Gasteiger partial charge in [0, 0.05) is 18.3 Å². The Morgan fingerprint density at radius 1 is 1.29 bits per heavy atom. The van der Waals surface area contributed by atoms with Gasteiger partial charge in [0.05, 0.1) is 17.6 Å². The Hall–Kier alpha value is -2.80. The monoisotopic (exact) mass is 396 g/mol. The van der Waals surface area contributed by atoms with Crippen LogP contribution < -0.4 is 4.90 Å². The van der Waals surface area contributed by atoms with Crippen molar-refractivity contribution in [1.29, 1.82) is 0 Å². The summed E-state index contributed by atoms with van der Waals surface area (Å²) in [5, 5.41) is 9.29. The van der Waals surface area contributed by atoms with E-state index >= 15 is 0 Å². The topological polar surface area (TPSA) is 64.2 Å². The molecule has 0 saturated heterocycles. The summed E-state index contributed by atoms with van der Waals surface area (Å²) in [4.78, 5) is 14.7. The summed E-state index contributed by atoms with van der Waals surface area (Å²) in [6.45, 7) is 10.3. The minimum Gasteiger partial charge on any atom is -0.469 e. The lowest BCUT2D eigenvalue weighted by molar-refractivity contribution is -0.116. The average Bonchev–Trinajstić information content (AvgIpc) is 3.27. The molecule has 3 aromatic rings. The number of anilines is 1. The predicted octanol–water partition coefficient (Wildman–Crippen LogP) is 4.57. The maximum atomic E-state index is 12.9. The Kier molecular flexibility index (Phi) is 6.36. The van der Waals surface area contributed by atoms with E-state index in [-0.39, 0.29) is 17.7 Å². The van der Waals surface area contributed by atoms with Crippen molar-refractivity contribution in [2.45, 2.75) is 38.5 Å². The first-order chi connectivity index (χ1) is 13.5. The quantitative estimate of drug-likeness (QED) is 0.412. The minimum atomic E-state index is 0.0281. The lowest BCUT2D eigenvalue weighted by atomic mass is 10.2. The van der Waals surface area contributed by atoms with Crippen LogP contribution in [0, 0.1) is 6.92 Å². The number of hydrogen-bond acceptors (Lipinski definition) is 5. The first kappa shape index (κ1) is 19.9. The van der Waals surface area contributed by atoms with Crippen LogP contribution in [0.2, 0.25) is 0 Å². The van der Waals surface area contributed by atoms with Crippen molar-refractivity contribution in [3.05, 3.63) is 61.1 Å². The molecule has 28 heavy (non-hydrogen) atoms. The summed E-state index contributed by atoms with van der Waals surface area (Å²) in [6.07, 6.45) is 3.42. The molecule has 0 spiro atoms. The molecule has 1 aromatic carbocycles. The highest BCUT2D eigenvalue weighted by molar-refractivity contribution is 7.99. The molecule has 2 aromatic heterocycles. The highest BCUT2D eigenvalue weighted by Crippen LogP contribution is 2.28. The summed E-state index contributed by atoms with van der Waals surface area (Å²) >= 11 is 1.38. The molecule has 0 aliphatic rings. The second-order valence-electron chi connectivity index (χ2n) is 6.58. The van der Waals surface area contributed by atoms with Gasteiger partial charge in [-0.3, -0.25) is 9.36 Å². The second-order valence-corrected chi connectivity index (χ2v) is 7.52. The van der Waals surface area contributed by atoms with Crippen LogP contribution in [0.15, 0.2) is 64.9 Å². The van der Waals surface area contributed by atoms with Gasteiger partial charge in [-0.15, -0.1) is 16.8 Å². The molecule has 0 radical (unpaired) electrons. The van der Waals surface area contributed by atoms with Crippen LogP contribution in [0.25, 0.3) is 11.4 Å². The number of hydrogen-bond donors (Lipinski definition) is 0. The molecule has 0 aliphatic carbocycles. The standard InChI is InChI=1S/C21H24N4O2S/c1-5-12-24-20(18-11-13-27-16(18)4)22-23-21(24)28-14-19(26)25(15(2)3)17-9-7-6-8-10-17/h5-11,13,15H,1,12,14H2,2-4H3. The normalized spacial score (nSPS) is 11.0. The summed E-state index contributed by atoms with van der Waals surface area (Å²) < 4.78 is 7.34. The minimum absolute atomic E-state index is 0.0281. The molecule has 3 rings (SSSR count). The van der Waals surface area contributed by atoms with Crippen LogP contribution in [0.1, 0.15) is 19.6 Å². The SMILES string of the molecule is C=CCn1c(SCC(=O)N(c2ccccc2)C(C)C)nnc1-c1ccoc1C. The largest absolute Gasteiger partial charge is 0.469 e. The number of furan rings is 1. The number of carbonyl (C=O) groups excluding carboxylic acids is 1. The number of nitrogens with zero attached hydrogens (tertiary/aromatic N) is 4. The van der Waals surface area contributed by atoms with Crippen LogP contribution >= 0.6 is 11.8 Å². The molecule has 146 valence electrons. The molecule has 0 fully saturated rings. The van der Waals surface area contributed by atoms with Gasteiger partial charge in [-0.2, -0.15) is 0 Å².